The number of methoxy groups -OCH3 is 1. The van der Waals surface area contributed by atoms with Crippen molar-refractivity contribution in [3.63, 3.8) is 0 Å². The summed E-state index contributed by atoms with van der Waals surface area (Å²) in [6.07, 6.45) is 2.91. The normalized spacial score (nSPS) is 12.6. The van der Waals surface area contributed by atoms with Gasteiger partial charge in [0.1, 0.15) is 11.4 Å². The third-order valence-corrected chi connectivity index (χ3v) is 5.30. The highest BCUT2D eigenvalue weighted by molar-refractivity contribution is 7.92. The second-order valence-electron chi connectivity index (χ2n) is 5.60. The Morgan fingerprint density at radius 1 is 1.00 bits per heavy atom. The fraction of sp³-hybridized carbons (Fsp3) is 0.111. The standard InChI is InChI=1S/C18H15N3O5S/c1-24-13-3-5-14(6-4-13)27(22,23)21-18-17(19-8-9-20-18)12-2-7-15-16(10-12)26-11-25-15/h2-10H,11H2,1H3,(H,20,21). The number of rotatable bonds is 5. The van der Waals surface area contributed by atoms with Gasteiger partial charge in [0.25, 0.3) is 10.0 Å². The van der Waals surface area contributed by atoms with Crippen molar-refractivity contribution in [3.8, 4) is 28.5 Å². The van der Waals surface area contributed by atoms with Crippen LogP contribution in [0.25, 0.3) is 11.3 Å². The number of hydrogen-bond donors (Lipinski definition) is 1. The summed E-state index contributed by atoms with van der Waals surface area (Å²) in [5.41, 5.74) is 1.03. The summed E-state index contributed by atoms with van der Waals surface area (Å²) in [5.74, 6) is 1.88. The molecule has 0 spiro atoms. The molecule has 0 amide bonds. The molecule has 0 saturated carbocycles. The molecule has 1 N–H and O–H groups in total. The SMILES string of the molecule is COc1ccc(S(=O)(=O)Nc2nccnc2-c2ccc3c(c2)OCO3)cc1. The molecule has 0 bridgehead atoms. The molecule has 1 aliphatic heterocycles. The predicted molar refractivity (Wildman–Crippen MR) is 97.4 cm³/mol. The summed E-state index contributed by atoms with van der Waals surface area (Å²) >= 11 is 0. The van der Waals surface area contributed by atoms with Gasteiger partial charge in [0.05, 0.1) is 12.0 Å². The topological polar surface area (TPSA) is 99.6 Å². The van der Waals surface area contributed by atoms with Gasteiger partial charge in [-0.25, -0.2) is 13.4 Å². The zero-order valence-electron chi connectivity index (χ0n) is 14.2. The van der Waals surface area contributed by atoms with Crippen LogP contribution >= 0.6 is 0 Å². The summed E-state index contributed by atoms with van der Waals surface area (Å²) in [6.45, 7) is 0.149. The van der Waals surface area contributed by atoms with E-state index in [2.05, 4.69) is 14.7 Å². The Bertz CT molecular complexity index is 1080. The first-order chi connectivity index (χ1) is 13.1. The quantitative estimate of drug-likeness (QED) is 0.721. The second-order valence-corrected chi connectivity index (χ2v) is 7.29. The van der Waals surface area contributed by atoms with Crippen molar-refractivity contribution in [2.24, 2.45) is 0 Å². The molecule has 27 heavy (non-hydrogen) atoms. The van der Waals surface area contributed by atoms with Gasteiger partial charge in [-0.15, -0.1) is 0 Å². The Morgan fingerprint density at radius 3 is 2.52 bits per heavy atom. The van der Waals surface area contributed by atoms with E-state index in [4.69, 9.17) is 14.2 Å². The van der Waals surface area contributed by atoms with E-state index >= 15 is 0 Å². The smallest absolute Gasteiger partial charge is 0.263 e. The third-order valence-electron chi connectivity index (χ3n) is 3.95. The van der Waals surface area contributed by atoms with E-state index in [0.717, 1.165) is 0 Å². The van der Waals surface area contributed by atoms with Crippen molar-refractivity contribution < 1.29 is 22.6 Å². The molecular formula is C18H15N3O5S. The molecular weight excluding hydrogens is 370 g/mol. The first kappa shape index (κ1) is 17.1. The lowest BCUT2D eigenvalue weighted by Gasteiger charge is -2.11. The molecule has 138 valence electrons. The zero-order chi connectivity index (χ0) is 18.9. The molecule has 0 radical (unpaired) electrons. The Labute approximate surface area is 155 Å². The fourth-order valence-electron chi connectivity index (χ4n) is 2.61. The fourth-order valence-corrected chi connectivity index (χ4v) is 3.63. The number of benzene rings is 2. The minimum absolute atomic E-state index is 0.0885. The van der Waals surface area contributed by atoms with Gasteiger partial charge in [-0.3, -0.25) is 9.71 Å². The van der Waals surface area contributed by atoms with Crippen LogP contribution in [0.4, 0.5) is 5.82 Å². The molecule has 4 rings (SSSR count). The van der Waals surface area contributed by atoms with Gasteiger partial charge in [-0.05, 0) is 42.5 Å². The van der Waals surface area contributed by atoms with Crippen LogP contribution in [0.15, 0.2) is 59.8 Å². The number of hydrogen-bond acceptors (Lipinski definition) is 7. The third kappa shape index (κ3) is 3.36. The molecule has 9 heteroatoms. The van der Waals surface area contributed by atoms with Gasteiger partial charge in [0.15, 0.2) is 17.3 Å². The van der Waals surface area contributed by atoms with Crippen LogP contribution in [0.1, 0.15) is 0 Å². The Morgan fingerprint density at radius 2 is 1.74 bits per heavy atom. The van der Waals surface area contributed by atoms with E-state index in [1.807, 2.05) is 0 Å². The lowest BCUT2D eigenvalue weighted by atomic mass is 10.1. The zero-order valence-corrected chi connectivity index (χ0v) is 15.1. The van der Waals surface area contributed by atoms with Crippen LogP contribution in [0, 0.1) is 0 Å². The van der Waals surface area contributed by atoms with Crippen LogP contribution < -0.4 is 18.9 Å². The van der Waals surface area contributed by atoms with Crippen molar-refractivity contribution in [1.29, 1.82) is 0 Å². The Balaban J connectivity index is 1.68. The average Bonchev–Trinajstić information content (AvgIpc) is 3.16. The van der Waals surface area contributed by atoms with E-state index in [9.17, 15) is 8.42 Å². The Hall–Kier alpha value is -3.33. The number of nitrogens with zero attached hydrogens (tertiary/aromatic N) is 2. The largest absolute Gasteiger partial charge is 0.497 e. The summed E-state index contributed by atoms with van der Waals surface area (Å²) in [4.78, 5) is 8.51. The van der Waals surface area contributed by atoms with Crippen LogP contribution in [-0.4, -0.2) is 32.3 Å². The van der Waals surface area contributed by atoms with Gasteiger partial charge >= 0.3 is 0 Å². The van der Waals surface area contributed by atoms with E-state index in [0.29, 0.717) is 28.5 Å². The number of ether oxygens (including phenoxy) is 3. The molecule has 0 aliphatic carbocycles. The predicted octanol–water partition coefficient (Wildman–Crippen LogP) is 2.68. The van der Waals surface area contributed by atoms with Crippen molar-refractivity contribution in [1.82, 2.24) is 9.97 Å². The van der Waals surface area contributed by atoms with Crippen molar-refractivity contribution in [3.05, 3.63) is 54.9 Å². The number of anilines is 1. The van der Waals surface area contributed by atoms with Crippen LogP contribution in [0.3, 0.4) is 0 Å². The average molecular weight is 385 g/mol. The molecule has 3 aromatic rings. The lowest BCUT2D eigenvalue weighted by molar-refractivity contribution is 0.174. The number of sulfonamides is 1. The monoisotopic (exact) mass is 385 g/mol. The highest BCUT2D eigenvalue weighted by Crippen LogP contribution is 2.37. The Kier molecular flexibility index (Phi) is 4.28. The maximum atomic E-state index is 12.7. The van der Waals surface area contributed by atoms with E-state index < -0.39 is 10.0 Å². The molecule has 0 atom stereocenters. The number of nitrogens with one attached hydrogen (secondary N) is 1. The maximum Gasteiger partial charge on any atom is 0.263 e. The van der Waals surface area contributed by atoms with Gasteiger partial charge < -0.3 is 14.2 Å². The molecule has 1 aromatic heterocycles. The first-order valence-corrected chi connectivity index (χ1v) is 9.43. The highest BCUT2D eigenvalue weighted by Gasteiger charge is 2.20. The molecule has 0 unspecified atom stereocenters. The van der Waals surface area contributed by atoms with E-state index in [-0.39, 0.29) is 17.5 Å². The number of fused-ring (bicyclic) bond motifs is 1. The minimum Gasteiger partial charge on any atom is -0.497 e. The van der Waals surface area contributed by atoms with Crippen LogP contribution in [-0.2, 0) is 10.0 Å². The van der Waals surface area contributed by atoms with Crippen molar-refractivity contribution in [2.45, 2.75) is 4.90 Å². The van der Waals surface area contributed by atoms with Gasteiger partial charge in [-0.2, -0.15) is 0 Å². The summed E-state index contributed by atoms with van der Waals surface area (Å²) in [6, 6.07) is 11.3. The van der Waals surface area contributed by atoms with Gasteiger partial charge in [0.2, 0.25) is 6.79 Å². The summed E-state index contributed by atoms with van der Waals surface area (Å²) in [7, 11) is -2.33. The van der Waals surface area contributed by atoms with Gasteiger partial charge in [0, 0.05) is 18.0 Å². The summed E-state index contributed by atoms with van der Waals surface area (Å²) in [5, 5.41) is 0. The number of aromatic nitrogens is 2. The van der Waals surface area contributed by atoms with E-state index in [1.165, 1.54) is 31.6 Å². The van der Waals surface area contributed by atoms with Gasteiger partial charge in [-0.1, -0.05) is 0 Å². The lowest BCUT2D eigenvalue weighted by Crippen LogP contribution is -2.15. The second kappa shape index (κ2) is 6.76. The maximum absolute atomic E-state index is 12.7. The van der Waals surface area contributed by atoms with Crippen LogP contribution in [0.5, 0.6) is 17.2 Å². The molecule has 0 fully saturated rings. The van der Waals surface area contributed by atoms with Crippen LogP contribution in [0.2, 0.25) is 0 Å². The molecule has 2 aromatic carbocycles. The summed E-state index contributed by atoms with van der Waals surface area (Å²) < 4.78 is 43.6. The molecule has 0 saturated heterocycles. The first-order valence-electron chi connectivity index (χ1n) is 7.95. The molecule has 2 heterocycles. The van der Waals surface area contributed by atoms with Crippen molar-refractivity contribution in [2.75, 3.05) is 18.6 Å². The highest BCUT2D eigenvalue weighted by atomic mass is 32.2. The van der Waals surface area contributed by atoms with E-state index in [1.54, 1.807) is 30.3 Å². The van der Waals surface area contributed by atoms with Crippen molar-refractivity contribution >= 4 is 15.8 Å². The minimum atomic E-state index is -3.84. The molecule has 8 nitrogen and oxygen atoms in total. The molecule has 1 aliphatic rings.